The smallest absolute Gasteiger partial charge is 0.140 e. The minimum absolute atomic E-state index is 0.810. The fraction of sp³-hybridized carbons (Fsp3) is 0.0870. The Labute approximate surface area is 172 Å². The summed E-state index contributed by atoms with van der Waals surface area (Å²) in [5.41, 5.74) is 5.12. The Hall–Kier alpha value is -3.38. The minimum atomic E-state index is 0.810. The second-order valence-corrected chi connectivity index (χ2v) is 8.12. The third-order valence-electron chi connectivity index (χ3n) is 5.24. The van der Waals surface area contributed by atoms with Gasteiger partial charge in [-0.2, -0.15) is 0 Å². The second-order valence-electron chi connectivity index (χ2n) is 7.05. The van der Waals surface area contributed by atoms with E-state index in [0.29, 0.717) is 0 Å². The monoisotopic (exact) mass is 395 g/mol. The average molecular weight is 395 g/mol. The maximum atomic E-state index is 4.92. The Morgan fingerprint density at radius 1 is 1.00 bits per heavy atom. The van der Waals surface area contributed by atoms with E-state index in [9.17, 15) is 0 Å². The molecular weight excluding hydrogens is 378 g/mol. The zero-order chi connectivity index (χ0) is 19.2. The van der Waals surface area contributed by atoms with E-state index in [4.69, 9.17) is 4.98 Å². The SMILES string of the molecule is C1=C2Sc3ccc(Nc4nc(-c5ccncc5)cc5ncccc45)cc3N2CC1. The number of benzene rings is 1. The minimum Gasteiger partial charge on any atom is -0.340 e. The Morgan fingerprint density at radius 2 is 1.93 bits per heavy atom. The predicted octanol–water partition coefficient (Wildman–Crippen LogP) is 5.59. The van der Waals surface area contributed by atoms with E-state index in [1.54, 1.807) is 12.4 Å². The van der Waals surface area contributed by atoms with Crippen LogP contribution in [0.3, 0.4) is 0 Å². The van der Waals surface area contributed by atoms with Gasteiger partial charge in [-0.1, -0.05) is 17.8 Å². The van der Waals surface area contributed by atoms with Crippen molar-refractivity contribution in [2.45, 2.75) is 11.3 Å². The number of nitrogens with zero attached hydrogens (tertiary/aromatic N) is 4. The van der Waals surface area contributed by atoms with Crippen molar-refractivity contribution in [1.29, 1.82) is 0 Å². The van der Waals surface area contributed by atoms with Gasteiger partial charge in [0.1, 0.15) is 5.82 Å². The zero-order valence-electron chi connectivity index (χ0n) is 15.5. The molecule has 3 aromatic heterocycles. The molecule has 0 spiro atoms. The van der Waals surface area contributed by atoms with Crippen LogP contribution in [0.2, 0.25) is 0 Å². The van der Waals surface area contributed by atoms with E-state index in [-0.39, 0.29) is 0 Å². The van der Waals surface area contributed by atoms with E-state index in [2.05, 4.69) is 50.5 Å². The van der Waals surface area contributed by atoms with Gasteiger partial charge in [0, 0.05) is 46.7 Å². The van der Waals surface area contributed by atoms with E-state index in [0.717, 1.165) is 46.6 Å². The highest BCUT2D eigenvalue weighted by Crippen LogP contribution is 2.49. The van der Waals surface area contributed by atoms with Crippen molar-refractivity contribution in [3.05, 3.63) is 78.2 Å². The Morgan fingerprint density at radius 3 is 2.86 bits per heavy atom. The van der Waals surface area contributed by atoms with E-state index in [1.165, 1.54) is 15.6 Å². The van der Waals surface area contributed by atoms with Crippen LogP contribution < -0.4 is 10.2 Å². The second kappa shape index (κ2) is 6.60. The highest BCUT2D eigenvalue weighted by atomic mass is 32.2. The fourth-order valence-corrected chi connectivity index (χ4v) is 4.99. The van der Waals surface area contributed by atoms with Crippen molar-refractivity contribution in [2.75, 3.05) is 16.8 Å². The molecule has 0 radical (unpaired) electrons. The summed E-state index contributed by atoms with van der Waals surface area (Å²) in [6, 6.07) is 16.5. The van der Waals surface area contributed by atoms with Crippen LogP contribution in [-0.4, -0.2) is 21.5 Å². The summed E-state index contributed by atoms with van der Waals surface area (Å²) >= 11 is 1.85. The molecule has 140 valence electrons. The lowest BCUT2D eigenvalue weighted by atomic mass is 10.1. The fourth-order valence-electron chi connectivity index (χ4n) is 3.86. The molecule has 5 nitrogen and oxygen atoms in total. The van der Waals surface area contributed by atoms with Crippen LogP contribution in [0.15, 0.2) is 83.1 Å². The number of nitrogens with one attached hydrogen (secondary N) is 1. The molecule has 2 aliphatic rings. The van der Waals surface area contributed by atoms with Gasteiger partial charge in [-0.05, 0) is 55.0 Å². The lowest BCUT2D eigenvalue weighted by Gasteiger charge is -2.16. The van der Waals surface area contributed by atoms with Crippen LogP contribution in [0.1, 0.15) is 6.42 Å². The first-order valence-corrected chi connectivity index (χ1v) is 10.4. The molecule has 2 aliphatic heterocycles. The quantitative estimate of drug-likeness (QED) is 0.488. The summed E-state index contributed by atoms with van der Waals surface area (Å²) in [6.45, 7) is 1.06. The molecule has 0 saturated heterocycles. The van der Waals surface area contributed by atoms with Crippen molar-refractivity contribution in [3.8, 4) is 11.3 Å². The standard InChI is InChI=1S/C23H17N5S/c1-3-17-19(25-9-1)14-18(15-7-10-24-11-8-15)27-23(17)26-16-5-6-21-20(13-16)28-12-2-4-22(28)29-21/h1,3-11,13-14H,2,12H2,(H,26,27). The third-order valence-corrected chi connectivity index (χ3v) is 6.40. The molecule has 0 bridgehead atoms. The van der Waals surface area contributed by atoms with Gasteiger partial charge in [-0.25, -0.2) is 4.98 Å². The molecule has 0 unspecified atom stereocenters. The number of fused-ring (bicyclic) bond motifs is 4. The first-order valence-electron chi connectivity index (χ1n) is 9.58. The van der Waals surface area contributed by atoms with Crippen molar-refractivity contribution in [2.24, 2.45) is 0 Å². The maximum absolute atomic E-state index is 4.92. The van der Waals surface area contributed by atoms with Gasteiger partial charge in [0.25, 0.3) is 0 Å². The van der Waals surface area contributed by atoms with Crippen molar-refractivity contribution < 1.29 is 0 Å². The van der Waals surface area contributed by atoms with Crippen LogP contribution in [0.5, 0.6) is 0 Å². The van der Waals surface area contributed by atoms with Gasteiger partial charge in [0.2, 0.25) is 0 Å². The summed E-state index contributed by atoms with van der Waals surface area (Å²) in [5, 5.41) is 5.90. The van der Waals surface area contributed by atoms with Crippen LogP contribution in [0.25, 0.3) is 22.2 Å². The first-order chi connectivity index (χ1) is 14.3. The van der Waals surface area contributed by atoms with Gasteiger partial charge in [-0.3, -0.25) is 9.97 Å². The summed E-state index contributed by atoms with van der Waals surface area (Å²) in [4.78, 5) is 17.3. The molecule has 1 aromatic carbocycles. The van der Waals surface area contributed by atoms with Crippen LogP contribution in [0, 0.1) is 0 Å². The van der Waals surface area contributed by atoms with Crippen molar-refractivity contribution in [1.82, 2.24) is 15.0 Å². The molecule has 0 aliphatic carbocycles. The first kappa shape index (κ1) is 16.6. The number of thioether (sulfide) groups is 1. The van der Waals surface area contributed by atoms with E-state index < -0.39 is 0 Å². The van der Waals surface area contributed by atoms with Crippen LogP contribution in [0.4, 0.5) is 17.2 Å². The van der Waals surface area contributed by atoms with Gasteiger partial charge in [-0.15, -0.1) is 0 Å². The molecule has 29 heavy (non-hydrogen) atoms. The molecule has 1 N–H and O–H groups in total. The molecule has 5 heterocycles. The molecular formula is C23H17N5S. The Kier molecular flexibility index (Phi) is 3.77. The van der Waals surface area contributed by atoms with Crippen molar-refractivity contribution >= 4 is 39.9 Å². The van der Waals surface area contributed by atoms with Crippen molar-refractivity contribution in [3.63, 3.8) is 0 Å². The Bertz CT molecular complexity index is 1270. The number of pyridine rings is 3. The maximum Gasteiger partial charge on any atom is 0.140 e. The molecule has 0 fully saturated rings. The lowest BCUT2D eigenvalue weighted by Crippen LogP contribution is -2.13. The zero-order valence-corrected chi connectivity index (χ0v) is 16.4. The number of hydrogen-bond acceptors (Lipinski definition) is 6. The highest BCUT2D eigenvalue weighted by Gasteiger charge is 2.28. The Balaban J connectivity index is 1.44. The van der Waals surface area contributed by atoms with Gasteiger partial charge in [0.15, 0.2) is 0 Å². The van der Waals surface area contributed by atoms with E-state index in [1.807, 2.05) is 42.2 Å². The third kappa shape index (κ3) is 2.84. The number of rotatable bonds is 3. The lowest BCUT2D eigenvalue weighted by molar-refractivity contribution is 0.990. The number of anilines is 3. The molecule has 0 amide bonds. The van der Waals surface area contributed by atoms with Gasteiger partial charge >= 0.3 is 0 Å². The summed E-state index contributed by atoms with van der Waals surface area (Å²) in [6.07, 6.45) is 8.82. The normalized spacial score (nSPS) is 14.6. The van der Waals surface area contributed by atoms with Crippen LogP contribution in [-0.2, 0) is 0 Å². The molecule has 0 saturated carbocycles. The topological polar surface area (TPSA) is 53.9 Å². The summed E-state index contributed by atoms with van der Waals surface area (Å²) < 4.78 is 0. The number of aromatic nitrogens is 3. The largest absolute Gasteiger partial charge is 0.340 e. The highest BCUT2D eigenvalue weighted by molar-refractivity contribution is 8.03. The van der Waals surface area contributed by atoms with Crippen LogP contribution >= 0.6 is 11.8 Å². The summed E-state index contributed by atoms with van der Waals surface area (Å²) in [5.74, 6) is 0.810. The van der Waals surface area contributed by atoms with Gasteiger partial charge < -0.3 is 10.2 Å². The molecule has 6 heteroatoms. The number of hydrogen-bond donors (Lipinski definition) is 1. The molecule has 4 aromatic rings. The predicted molar refractivity (Wildman–Crippen MR) is 118 cm³/mol. The average Bonchev–Trinajstić information content (AvgIpc) is 3.36. The van der Waals surface area contributed by atoms with Gasteiger partial charge in [0.05, 0.1) is 21.9 Å². The molecule has 0 atom stereocenters. The summed E-state index contributed by atoms with van der Waals surface area (Å²) in [7, 11) is 0. The molecule has 6 rings (SSSR count). The van der Waals surface area contributed by atoms with E-state index >= 15 is 0 Å².